The maximum atomic E-state index is 11.9. The molecule has 0 saturated carbocycles. The van der Waals surface area contributed by atoms with Gasteiger partial charge in [-0.3, -0.25) is 0 Å². The molecule has 0 saturated heterocycles. The van der Waals surface area contributed by atoms with Gasteiger partial charge in [-0.15, -0.1) is 0 Å². The van der Waals surface area contributed by atoms with Crippen LogP contribution in [0.5, 0.6) is 0 Å². The van der Waals surface area contributed by atoms with Crippen LogP contribution in [-0.2, 0) is 4.74 Å². The highest BCUT2D eigenvalue weighted by molar-refractivity contribution is 5.92. The van der Waals surface area contributed by atoms with Crippen LogP contribution in [0.25, 0.3) is 0 Å². The molecule has 1 aromatic rings. The average molecular weight is 220 g/mol. The summed E-state index contributed by atoms with van der Waals surface area (Å²) in [5.41, 5.74) is 3.87. The van der Waals surface area contributed by atoms with Crippen LogP contribution in [0.3, 0.4) is 0 Å². The van der Waals surface area contributed by atoms with E-state index in [1.165, 1.54) is 5.56 Å². The Morgan fingerprint density at radius 2 is 1.69 bits per heavy atom. The number of benzene rings is 1. The van der Waals surface area contributed by atoms with Crippen LogP contribution in [0.15, 0.2) is 12.1 Å². The number of ether oxygens (including phenoxy) is 1. The first-order valence-electron chi connectivity index (χ1n) is 5.66. The largest absolute Gasteiger partial charge is 0.462 e. The van der Waals surface area contributed by atoms with Gasteiger partial charge in [-0.05, 0) is 37.8 Å². The Morgan fingerprint density at radius 3 is 2.12 bits per heavy atom. The van der Waals surface area contributed by atoms with Crippen LogP contribution in [-0.4, -0.2) is 12.6 Å². The number of aryl methyl sites for hydroxylation is 3. The Bertz CT molecular complexity index is 369. The van der Waals surface area contributed by atoms with Gasteiger partial charge in [0, 0.05) is 0 Å². The van der Waals surface area contributed by atoms with Gasteiger partial charge >= 0.3 is 5.97 Å². The van der Waals surface area contributed by atoms with Crippen molar-refractivity contribution in [2.24, 2.45) is 5.92 Å². The maximum Gasteiger partial charge on any atom is 0.338 e. The monoisotopic (exact) mass is 220 g/mol. The lowest BCUT2D eigenvalue weighted by atomic mass is 10.00. The zero-order chi connectivity index (χ0) is 12.3. The molecule has 0 unspecified atom stereocenters. The predicted molar refractivity (Wildman–Crippen MR) is 65.8 cm³/mol. The number of rotatable bonds is 3. The van der Waals surface area contributed by atoms with E-state index in [-0.39, 0.29) is 5.97 Å². The van der Waals surface area contributed by atoms with Gasteiger partial charge in [-0.1, -0.05) is 31.5 Å². The molecule has 2 nitrogen and oxygen atoms in total. The number of carbonyl (C=O) groups is 1. The molecule has 0 aliphatic heterocycles. The molecule has 0 atom stereocenters. The molecular formula is C14H20O2. The van der Waals surface area contributed by atoms with Crippen molar-refractivity contribution in [1.29, 1.82) is 0 Å². The van der Waals surface area contributed by atoms with Gasteiger partial charge in [-0.2, -0.15) is 0 Å². The topological polar surface area (TPSA) is 26.3 Å². The molecule has 0 heterocycles. The van der Waals surface area contributed by atoms with Gasteiger partial charge in [0.2, 0.25) is 0 Å². The number of esters is 1. The molecule has 0 bridgehead atoms. The summed E-state index contributed by atoms with van der Waals surface area (Å²) in [6, 6.07) is 4.03. The fourth-order valence-corrected chi connectivity index (χ4v) is 1.82. The van der Waals surface area contributed by atoms with E-state index < -0.39 is 0 Å². The Morgan fingerprint density at radius 1 is 1.19 bits per heavy atom. The molecule has 2 heteroatoms. The van der Waals surface area contributed by atoms with Gasteiger partial charge in [0.15, 0.2) is 0 Å². The van der Waals surface area contributed by atoms with Crippen LogP contribution < -0.4 is 0 Å². The van der Waals surface area contributed by atoms with E-state index >= 15 is 0 Å². The molecule has 0 spiro atoms. The average Bonchev–Trinajstić information content (AvgIpc) is 2.12. The second kappa shape index (κ2) is 5.15. The van der Waals surface area contributed by atoms with Crippen molar-refractivity contribution in [3.63, 3.8) is 0 Å². The minimum Gasteiger partial charge on any atom is -0.462 e. The summed E-state index contributed by atoms with van der Waals surface area (Å²) in [4.78, 5) is 11.9. The fraction of sp³-hybridized carbons (Fsp3) is 0.500. The van der Waals surface area contributed by atoms with Crippen LogP contribution in [0.1, 0.15) is 40.9 Å². The first kappa shape index (κ1) is 12.8. The molecule has 1 rings (SSSR count). The zero-order valence-electron chi connectivity index (χ0n) is 10.8. The third-order valence-corrected chi connectivity index (χ3v) is 2.43. The summed E-state index contributed by atoms with van der Waals surface area (Å²) in [5, 5.41) is 0. The van der Waals surface area contributed by atoms with Gasteiger partial charge in [0.25, 0.3) is 0 Å². The van der Waals surface area contributed by atoms with Crippen molar-refractivity contribution < 1.29 is 9.53 Å². The zero-order valence-corrected chi connectivity index (χ0v) is 10.8. The highest BCUT2D eigenvalue weighted by Crippen LogP contribution is 2.17. The van der Waals surface area contributed by atoms with E-state index in [0.717, 1.165) is 11.1 Å². The van der Waals surface area contributed by atoms with Crippen molar-refractivity contribution in [2.75, 3.05) is 6.61 Å². The summed E-state index contributed by atoms with van der Waals surface area (Å²) in [7, 11) is 0. The Balaban J connectivity index is 2.91. The van der Waals surface area contributed by atoms with E-state index in [9.17, 15) is 4.79 Å². The minimum absolute atomic E-state index is 0.205. The van der Waals surface area contributed by atoms with Crippen molar-refractivity contribution in [1.82, 2.24) is 0 Å². The SMILES string of the molecule is Cc1cc(C)c(C(=O)OCC(C)C)c(C)c1. The summed E-state index contributed by atoms with van der Waals surface area (Å²) < 4.78 is 5.25. The summed E-state index contributed by atoms with van der Waals surface area (Å²) in [5.74, 6) is 0.165. The standard InChI is InChI=1S/C14H20O2/c1-9(2)8-16-14(15)13-11(4)6-10(3)7-12(13)5/h6-7,9H,8H2,1-5H3. The molecule has 0 radical (unpaired) electrons. The minimum atomic E-state index is -0.205. The van der Waals surface area contributed by atoms with Crippen LogP contribution in [0.2, 0.25) is 0 Å². The molecular weight excluding hydrogens is 200 g/mol. The van der Waals surface area contributed by atoms with E-state index in [1.807, 2.05) is 46.8 Å². The molecule has 88 valence electrons. The summed E-state index contributed by atoms with van der Waals surface area (Å²) in [6.45, 7) is 10.5. The fourth-order valence-electron chi connectivity index (χ4n) is 1.82. The molecule has 0 amide bonds. The Labute approximate surface area is 97.6 Å². The normalized spacial score (nSPS) is 10.6. The highest BCUT2D eigenvalue weighted by Gasteiger charge is 2.14. The molecule has 0 aliphatic rings. The van der Waals surface area contributed by atoms with Gasteiger partial charge in [-0.25, -0.2) is 4.79 Å². The second-order valence-electron chi connectivity index (χ2n) is 4.77. The van der Waals surface area contributed by atoms with Crippen molar-refractivity contribution in [3.05, 3.63) is 34.4 Å². The predicted octanol–water partition coefficient (Wildman–Crippen LogP) is 3.42. The molecule has 0 fully saturated rings. The maximum absolute atomic E-state index is 11.9. The quantitative estimate of drug-likeness (QED) is 0.729. The lowest BCUT2D eigenvalue weighted by molar-refractivity contribution is 0.0457. The van der Waals surface area contributed by atoms with Gasteiger partial charge in [0.1, 0.15) is 0 Å². The smallest absolute Gasteiger partial charge is 0.338 e. The van der Waals surface area contributed by atoms with E-state index in [1.54, 1.807) is 0 Å². The molecule has 1 aromatic carbocycles. The summed E-state index contributed by atoms with van der Waals surface area (Å²) in [6.07, 6.45) is 0. The molecule has 0 N–H and O–H groups in total. The number of carbonyl (C=O) groups excluding carboxylic acids is 1. The third-order valence-electron chi connectivity index (χ3n) is 2.43. The lowest BCUT2D eigenvalue weighted by Crippen LogP contribution is -2.13. The lowest BCUT2D eigenvalue weighted by Gasteiger charge is -2.12. The second-order valence-corrected chi connectivity index (χ2v) is 4.77. The van der Waals surface area contributed by atoms with Crippen molar-refractivity contribution >= 4 is 5.97 Å². The van der Waals surface area contributed by atoms with Gasteiger partial charge in [0.05, 0.1) is 12.2 Å². The van der Waals surface area contributed by atoms with Crippen LogP contribution >= 0.6 is 0 Å². The van der Waals surface area contributed by atoms with Crippen molar-refractivity contribution in [3.8, 4) is 0 Å². The molecule has 0 aromatic heterocycles. The number of hydrogen-bond acceptors (Lipinski definition) is 2. The summed E-state index contributed by atoms with van der Waals surface area (Å²) >= 11 is 0. The third kappa shape index (κ3) is 3.09. The van der Waals surface area contributed by atoms with E-state index in [2.05, 4.69) is 0 Å². The van der Waals surface area contributed by atoms with E-state index in [4.69, 9.17) is 4.74 Å². The van der Waals surface area contributed by atoms with Crippen LogP contribution in [0.4, 0.5) is 0 Å². The first-order chi connectivity index (χ1) is 7.41. The Kier molecular flexibility index (Phi) is 4.11. The molecule has 0 aliphatic carbocycles. The number of hydrogen-bond donors (Lipinski definition) is 0. The first-order valence-corrected chi connectivity index (χ1v) is 5.66. The van der Waals surface area contributed by atoms with Gasteiger partial charge < -0.3 is 4.74 Å². The van der Waals surface area contributed by atoms with Crippen molar-refractivity contribution in [2.45, 2.75) is 34.6 Å². The highest BCUT2D eigenvalue weighted by atomic mass is 16.5. The molecule has 16 heavy (non-hydrogen) atoms. The van der Waals surface area contributed by atoms with E-state index in [0.29, 0.717) is 18.1 Å². The van der Waals surface area contributed by atoms with Crippen LogP contribution in [0, 0.1) is 26.7 Å². The Hall–Kier alpha value is -1.31.